The molecule has 1 aromatic rings. The summed E-state index contributed by atoms with van der Waals surface area (Å²) in [5.74, 6) is 3.67. The van der Waals surface area contributed by atoms with Gasteiger partial charge in [-0.05, 0) is 6.42 Å². The second kappa shape index (κ2) is 7.05. The Labute approximate surface area is 123 Å². The van der Waals surface area contributed by atoms with Crippen LogP contribution in [0.5, 0.6) is 0 Å². The van der Waals surface area contributed by atoms with Crippen LogP contribution in [0.4, 0.5) is 11.9 Å². The first-order valence-corrected chi connectivity index (χ1v) is 7.86. The average Bonchev–Trinajstić information content (AvgIpc) is 2.40. The Bertz CT molecular complexity index is 442. The van der Waals surface area contributed by atoms with Crippen LogP contribution >= 0.6 is 11.8 Å². The number of aliphatic hydroxyl groups is 1. The zero-order chi connectivity index (χ0) is 14.5. The third-order valence-electron chi connectivity index (χ3n) is 3.24. The van der Waals surface area contributed by atoms with Crippen molar-refractivity contribution in [2.75, 3.05) is 49.4 Å². The van der Waals surface area contributed by atoms with Crippen LogP contribution in [0.3, 0.4) is 0 Å². The molecule has 0 radical (unpaired) electrons. The van der Waals surface area contributed by atoms with Gasteiger partial charge in [0.15, 0.2) is 0 Å². The lowest BCUT2D eigenvalue weighted by atomic mass is 10.2. The molecule has 1 aromatic heterocycles. The molecule has 0 aromatic carbocycles. The van der Waals surface area contributed by atoms with E-state index in [2.05, 4.69) is 19.9 Å². The largest absolute Gasteiger partial charge is 0.396 e. The molecule has 1 aliphatic rings. The molecular weight excluding hydrogens is 276 g/mol. The molecular formula is C12H22N6OS. The van der Waals surface area contributed by atoms with Crippen molar-refractivity contribution >= 4 is 23.7 Å². The first kappa shape index (κ1) is 15.3. The van der Waals surface area contributed by atoms with Crippen molar-refractivity contribution in [2.45, 2.75) is 19.0 Å². The van der Waals surface area contributed by atoms with Gasteiger partial charge >= 0.3 is 0 Å². The van der Waals surface area contributed by atoms with Gasteiger partial charge in [-0.3, -0.25) is 4.90 Å². The number of aliphatic hydroxyl groups excluding tert-OH is 1. The number of thioether (sulfide) groups is 1. The van der Waals surface area contributed by atoms with E-state index in [0.717, 1.165) is 24.5 Å². The molecule has 20 heavy (non-hydrogen) atoms. The van der Waals surface area contributed by atoms with Gasteiger partial charge in [0.25, 0.3) is 0 Å². The quantitative estimate of drug-likeness (QED) is 0.773. The predicted molar refractivity (Wildman–Crippen MR) is 81.8 cm³/mol. The lowest BCUT2D eigenvalue weighted by Crippen LogP contribution is -2.42. The number of anilines is 2. The minimum atomic E-state index is 0.212. The van der Waals surface area contributed by atoms with E-state index >= 15 is 0 Å². The zero-order valence-electron chi connectivity index (χ0n) is 12.0. The van der Waals surface area contributed by atoms with Gasteiger partial charge in [-0.15, -0.1) is 0 Å². The zero-order valence-corrected chi connectivity index (χ0v) is 12.8. The SMILES string of the molecule is CN(C)c1nc(N)nc(CN2CCSC[C@H]2CCO)n1. The fraction of sp³-hybridized carbons (Fsp3) is 0.750. The fourth-order valence-corrected chi connectivity index (χ4v) is 3.37. The van der Waals surface area contributed by atoms with Crippen LogP contribution in [-0.4, -0.2) is 69.8 Å². The van der Waals surface area contributed by atoms with Crippen LogP contribution in [0.2, 0.25) is 0 Å². The standard InChI is InChI=1S/C12H22N6OS/c1-17(2)12-15-10(14-11(13)16-12)7-18-4-6-20-8-9(18)3-5-19/h9,19H,3-8H2,1-2H3,(H2,13,14,15,16)/t9-/m1/s1. The van der Waals surface area contributed by atoms with Gasteiger partial charge in [-0.2, -0.15) is 26.7 Å². The normalized spacial score (nSPS) is 20.1. The number of hydrogen-bond acceptors (Lipinski definition) is 8. The van der Waals surface area contributed by atoms with Crippen LogP contribution in [0, 0.1) is 0 Å². The van der Waals surface area contributed by atoms with Crippen LogP contribution < -0.4 is 10.6 Å². The number of aromatic nitrogens is 3. The van der Waals surface area contributed by atoms with Crippen molar-refractivity contribution in [2.24, 2.45) is 0 Å². The summed E-state index contributed by atoms with van der Waals surface area (Å²) >= 11 is 1.93. The summed E-state index contributed by atoms with van der Waals surface area (Å²) in [6.07, 6.45) is 0.786. The summed E-state index contributed by atoms with van der Waals surface area (Å²) in [5.41, 5.74) is 5.74. The number of rotatable bonds is 5. The molecule has 0 bridgehead atoms. The summed E-state index contributed by atoms with van der Waals surface area (Å²) in [6.45, 7) is 1.85. The van der Waals surface area contributed by atoms with E-state index in [1.54, 1.807) is 0 Å². The molecule has 1 fully saturated rings. The number of hydrogen-bond donors (Lipinski definition) is 2. The molecule has 0 unspecified atom stereocenters. The van der Waals surface area contributed by atoms with Gasteiger partial charge in [0.1, 0.15) is 5.82 Å². The van der Waals surface area contributed by atoms with Crippen LogP contribution in [-0.2, 0) is 6.54 Å². The first-order chi connectivity index (χ1) is 9.60. The highest BCUT2D eigenvalue weighted by molar-refractivity contribution is 7.99. The van der Waals surface area contributed by atoms with Crippen molar-refractivity contribution in [3.8, 4) is 0 Å². The number of nitrogen functional groups attached to an aromatic ring is 1. The Balaban J connectivity index is 2.11. The lowest BCUT2D eigenvalue weighted by Gasteiger charge is -2.34. The van der Waals surface area contributed by atoms with Gasteiger partial charge in [0.05, 0.1) is 6.54 Å². The fourth-order valence-electron chi connectivity index (χ4n) is 2.19. The van der Waals surface area contributed by atoms with Crippen molar-refractivity contribution in [1.29, 1.82) is 0 Å². The Kier molecular flexibility index (Phi) is 5.38. The maximum Gasteiger partial charge on any atom is 0.229 e. The molecule has 0 saturated carbocycles. The van der Waals surface area contributed by atoms with Gasteiger partial charge in [0, 0.05) is 44.8 Å². The van der Waals surface area contributed by atoms with Crippen molar-refractivity contribution in [3.63, 3.8) is 0 Å². The average molecular weight is 298 g/mol. The highest BCUT2D eigenvalue weighted by Crippen LogP contribution is 2.20. The summed E-state index contributed by atoms with van der Waals surface area (Å²) in [7, 11) is 3.76. The summed E-state index contributed by atoms with van der Waals surface area (Å²) in [6, 6.07) is 0.375. The summed E-state index contributed by atoms with van der Waals surface area (Å²) < 4.78 is 0. The van der Waals surface area contributed by atoms with E-state index in [4.69, 9.17) is 10.8 Å². The predicted octanol–water partition coefficient (Wildman–Crippen LogP) is -0.180. The van der Waals surface area contributed by atoms with Gasteiger partial charge in [-0.25, -0.2) is 0 Å². The minimum absolute atomic E-state index is 0.212. The van der Waals surface area contributed by atoms with Crippen molar-refractivity contribution < 1.29 is 5.11 Å². The molecule has 3 N–H and O–H groups in total. The maximum atomic E-state index is 9.16. The molecule has 1 aliphatic heterocycles. The van der Waals surface area contributed by atoms with E-state index < -0.39 is 0 Å². The molecule has 0 amide bonds. The topological polar surface area (TPSA) is 91.4 Å². The third-order valence-corrected chi connectivity index (χ3v) is 4.34. The molecule has 8 heteroatoms. The molecule has 2 heterocycles. The third kappa shape index (κ3) is 3.94. The maximum absolute atomic E-state index is 9.16. The molecule has 7 nitrogen and oxygen atoms in total. The molecule has 0 spiro atoms. The van der Waals surface area contributed by atoms with E-state index in [1.807, 2.05) is 30.8 Å². The number of nitrogens with two attached hydrogens (primary N) is 1. The second-order valence-electron chi connectivity index (χ2n) is 5.02. The van der Waals surface area contributed by atoms with Crippen LogP contribution in [0.1, 0.15) is 12.2 Å². The molecule has 0 aliphatic carbocycles. The molecule has 1 atom stereocenters. The molecule has 2 rings (SSSR count). The van der Waals surface area contributed by atoms with Gasteiger partial charge < -0.3 is 15.7 Å². The number of nitrogens with zero attached hydrogens (tertiary/aromatic N) is 5. The molecule has 112 valence electrons. The van der Waals surface area contributed by atoms with Crippen LogP contribution in [0.25, 0.3) is 0 Å². The Morgan fingerprint density at radius 3 is 2.90 bits per heavy atom. The Hall–Kier alpha value is -1.12. The first-order valence-electron chi connectivity index (χ1n) is 6.70. The van der Waals surface area contributed by atoms with E-state index in [0.29, 0.717) is 24.4 Å². The highest BCUT2D eigenvalue weighted by atomic mass is 32.2. The van der Waals surface area contributed by atoms with Crippen LogP contribution in [0.15, 0.2) is 0 Å². The van der Waals surface area contributed by atoms with E-state index in [-0.39, 0.29) is 12.6 Å². The molecule has 1 saturated heterocycles. The van der Waals surface area contributed by atoms with Gasteiger partial charge in [0.2, 0.25) is 11.9 Å². The van der Waals surface area contributed by atoms with E-state index in [1.165, 1.54) is 0 Å². The summed E-state index contributed by atoms with van der Waals surface area (Å²) in [5, 5.41) is 9.16. The minimum Gasteiger partial charge on any atom is -0.396 e. The monoisotopic (exact) mass is 298 g/mol. The van der Waals surface area contributed by atoms with Crippen molar-refractivity contribution in [1.82, 2.24) is 19.9 Å². The van der Waals surface area contributed by atoms with Crippen molar-refractivity contribution in [3.05, 3.63) is 5.82 Å². The Morgan fingerprint density at radius 1 is 1.40 bits per heavy atom. The van der Waals surface area contributed by atoms with E-state index in [9.17, 15) is 0 Å². The summed E-state index contributed by atoms with van der Waals surface area (Å²) in [4.78, 5) is 16.9. The lowest BCUT2D eigenvalue weighted by molar-refractivity contribution is 0.164. The smallest absolute Gasteiger partial charge is 0.229 e. The van der Waals surface area contributed by atoms with Gasteiger partial charge in [-0.1, -0.05) is 0 Å². The second-order valence-corrected chi connectivity index (χ2v) is 6.17. The highest BCUT2D eigenvalue weighted by Gasteiger charge is 2.23. The Morgan fingerprint density at radius 2 is 2.20 bits per heavy atom.